The summed E-state index contributed by atoms with van der Waals surface area (Å²) in [5.41, 5.74) is 2.24. The number of pyridine rings is 1. The Morgan fingerprint density at radius 1 is 1.07 bits per heavy atom. The van der Waals surface area contributed by atoms with Gasteiger partial charge in [0.25, 0.3) is 5.91 Å². The molecule has 1 fully saturated rings. The Morgan fingerprint density at radius 3 is 2.59 bits per heavy atom. The minimum atomic E-state index is -1.06. The maximum Gasteiger partial charge on any atom is 0.309 e. The van der Waals surface area contributed by atoms with Crippen molar-refractivity contribution in [2.75, 3.05) is 23.5 Å². The second kappa shape index (κ2) is 13.9. The molecule has 46 heavy (non-hydrogen) atoms. The number of ether oxygens (including phenoxy) is 2. The molecule has 0 spiro atoms. The number of aliphatic carboxylic acids is 1. The highest BCUT2D eigenvalue weighted by molar-refractivity contribution is 5.91. The van der Waals surface area contributed by atoms with E-state index >= 15 is 0 Å². The number of hydrogen-bond acceptors (Lipinski definition) is 8. The Hall–Kier alpha value is -5.16. The van der Waals surface area contributed by atoms with Crippen molar-refractivity contribution in [1.82, 2.24) is 9.88 Å². The monoisotopic (exact) mass is 625 g/mol. The normalized spacial score (nSPS) is 16.7. The van der Waals surface area contributed by atoms with Crippen molar-refractivity contribution in [3.8, 4) is 11.5 Å². The average Bonchev–Trinajstić information content (AvgIpc) is 3.48. The van der Waals surface area contributed by atoms with Crippen LogP contribution in [0.3, 0.4) is 0 Å². The minimum Gasteiger partial charge on any atom is -0.490 e. The van der Waals surface area contributed by atoms with E-state index in [0.717, 1.165) is 10.8 Å². The molecule has 11 nitrogen and oxygen atoms in total. The molecule has 0 saturated carbocycles. The Kier molecular flexibility index (Phi) is 9.72. The zero-order chi connectivity index (χ0) is 33.0. The van der Waals surface area contributed by atoms with E-state index in [4.69, 9.17) is 15.3 Å². The van der Waals surface area contributed by atoms with Crippen LogP contribution in [0.5, 0.6) is 11.5 Å². The lowest BCUT2D eigenvalue weighted by Gasteiger charge is -2.35. The number of carboxylic acid groups (broad SMARTS) is 1. The van der Waals surface area contributed by atoms with Gasteiger partial charge in [-0.15, -0.1) is 0 Å². The van der Waals surface area contributed by atoms with Gasteiger partial charge >= 0.3 is 5.97 Å². The zero-order valence-electron chi connectivity index (χ0n) is 26.3. The molecule has 240 valence electrons. The first-order valence-corrected chi connectivity index (χ1v) is 15.3. The van der Waals surface area contributed by atoms with Gasteiger partial charge in [-0.3, -0.25) is 24.4 Å². The molecule has 11 heteroatoms. The summed E-state index contributed by atoms with van der Waals surface area (Å²) < 4.78 is 11.9. The molecule has 4 aromatic rings. The summed E-state index contributed by atoms with van der Waals surface area (Å²) in [6.45, 7) is 7.67. The molecule has 0 aliphatic carbocycles. The van der Waals surface area contributed by atoms with E-state index in [1.807, 2.05) is 45.0 Å². The summed E-state index contributed by atoms with van der Waals surface area (Å²) in [7, 11) is 0. The highest BCUT2D eigenvalue weighted by Crippen LogP contribution is 2.42. The summed E-state index contributed by atoms with van der Waals surface area (Å²) >= 11 is 0. The van der Waals surface area contributed by atoms with Crippen LogP contribution >= 0.6 is 0 Å². The predicted octanol–water partition coefficient (Wildman–Crippen LogP) is 5.47. The third kappa shape index (κ3) is 6.89. The lowest BCUT2D eigenvalue weighted by Crippen LogP contribution is -2.46. The van der Waals surface area contributed by atoms with Crippen LogP contribution in [0.2, 0.25) is 0 Å². The molecule has 4 N–H and O–H groups in total. The SMILES string of the molecule is CCOc1cc(C(C(=O)N2CCC(C(=O)O)C2c2cccc(NC(C)=O)c2)N(N)c2ccc3cnccc3c2)ccc1OC(C)C. The smallest absolute Gasteiger partial charge is 0.309 e. The molecule has 1 saturated heterocycles. The van der Waals surface area contributed by atoms with E-state index in [1.165, 1.54) is 11.9 Å². The Balaban J connectivity index is 1.62. The molecule has 3 aromatic carbocycles. The van der Waals surface area contributed by atoms with Crippen molar-refractivity contribution >= 4 is 39.9 Å². The third-order valence-corrected chi connectivity index (χ3v) is 7.93. The fourth-order valence-electron chi connectivity index (χ4n) is 5.99. The first-order valence-electron chi connectivity index (χ1n) is 15.3. The van der Waals surface area contributed by atoms with Gasteiger partial charge in [0, 0.05) is 36.9 Å². The van der Waals surface area contributed by atoms with E-state index in [1.54, 1.807) is 59.8 Å². The van der Waals surface area contributed by atoms with Crippen LogP contribution in [-0.4, -0.2) is 52.0 Å². The number of carbonyl (C=O) groups excluding carboxylic acids is 2. The standard InChI is InChI=1S/C35H39N5O6/c1-5-45-31-19-25(10-12-30(31)46-21(2)3)33(40(36)28-11-9-26-20-37-15-13-23(26)18-28)34(42)39-16-14-29(35(43)44)32(39)24-7-6-8-27(17-24)38-22(4)41/h6-13,15,17-21,29,32-33H,5,14,16,36H2,1-4H3,(H,38,41)(H,43,44). The number of aromatic nitrogens is 1. The van der Waals surface area contributed by atoms with Crippen LogP contribution < -0.4 is 25.6 Å². The summed E-state index contributed by atoms with van der Waals surface area (Å²) in [6.07, 6.45) is 3.59. The molecule has 1 aromatic heterocycles. The number of fused-ring (bicyclic) bond motifs is 1. The quantitative estimate of drug-likeness (QED) is 0.146. The van der Waals surface area contributed by atoms with Crippen LogP contribution in [0.25, 0.3) is 10.8 Å². The van der Waals surface area contributed by atoms with E-state index in [9.17, 15) is 19.5 Å². The molecular formula is C35H39N5O6. The van der Waals surface area contributed by atoms with Crippen LogP contribution in [0.15, 0.2) is 79.1 Å². The molecule has 2 heterocycles. The van der Waals surface area contributed by atoms with Gasteiger partial charge in [-0.05, 0) is 86.2 Å². The number of carboxylic acids is 1. The van der Waals surface area contributed by atoms with Crippen LogP contribution in [-0.2, 0) is 14.4 Å². The zero-order valence-corrected chi connectivity index (χ0v) is 26.3. The lowest BCUT2D eigenvalue weighted by atomic mass is 9.92. The molecule has 1 aliphatic rings. The van der Waals surface area contributed by atoms with Crippen molar-refractivity contribution in [2.24, 2.45) is 11.8 Å². The molecule has 1 aliphatic heterocycles. The van der Waals surface area contributed by atoms with Gasteiger partial charge in [-0.2, -0.15) is 0 Å². The Morgan fingerprint density at radius 2 is 1.87 bits per heavy atom. The fourth-order valence-corrected chi connectivity index (χ4v) is 5.99. The lowest BCUT2D eigenvalue weighted by molar-refractivity contribution is -0.143. The molecule has 3 atom stereocenters. The number of nitrogens with two attached hydrogens (primary N) is 1. The minimum absolute atomic E-state index is 0.104. The number of hydrogen-bond donors (Lipinski definition) is 3. The molecule has 2 amide bonds. The summed E-state index contributed by atoms with van der Waals surface area (Å²) in [5, 5.41) is 16.2. The second-order valence-corrected chi connectivity index (χ2v) is 11.5. The van der Waals surface area contributed by atoms with Gasteiger partial charge in [0.2, 0.25) is 5.91 Å². The molecule has 5 rings (SSSR count). The van der Waals surface area contributed by atoms with Gasteiger partial charge in [0.1, 0.15) is 6.04 Å². The van der Waals surface area contributed by atoms with Gasteiger partial charge in [0.15, 0.2) is 11.5 Å². The summed E-state index contributed by atoms with van der Waals surface area (Å²) in [6, 6.07) is 17.8. The molecule has 0 bridgehead atoms. The van der Waals surface area contributed by atoms with Crippen molar-refractivity contribution in [2.45, 2.75) is 52.3 Å². The topological polar surface area (TPSA) is 147 Å². The van der Waals surface area contributed by atoms with Gasteiger partial charge in [0.05, 0.1) is 30.4 Å². The second-order valence-electron chi connectivity index (χ2n) is 11.5. The number of benzene rings is 3. The largest absolute Gasteiger partial charge is 0.490 e. The number of likely N-dealkylation sites (tertiary alicyclic amines) is 1. The molecular weight excluding hydrogens is 586 g/mol. The van der Waals surface area contributed by atoms with Crippen molar-refractivity contribution in [3.05, 3.63) is 90.3 Å². The predicted molar refractivity (Wildman–Crippen MR) is 175 cm³/mol. The van der Waals surface area contributed by atoms with Crippen molar-refractivity contribution in [3.63, 3.8) is 0 Å². The summed E-state index contributed by atoms with van der Waals surface area (Å²) in [4.78, 5) is 44.9. The first-order chi connectivity index (χ1) is 22.1. The highest BCUT2D eigenvalue weighted by atomic mass is 16.5. The van der Waals surface area contributed by atoms with E-state index < -0.39 is 24.0 Å². The highest BCUT2D eigenvalue weighted by Gasteiger charge is 2.45. The van der Waals surface area contributed by atoms with E-state index in [0.29, 0.717) is 40.6 Å². The number of carbonyl (C=O) groups is 3. The van der Waals surface area contributed by atoms with Gasteiger partial charge in [-0.1, -0.05) is 24.3 Å². The maximum absolute atomic E-state index is 14.8. The van der Waals surface area contributed by atoms with Crippen molar-refractivity contribution in [1.29, 1.82) is 0 Å². The van der Waals surface area contributed by atoms with Crippen LogP contribution in [0.4, 0.5) is 11.4 Å². The first kappa shape index (κ1) is 32.2. The van der Waals surface area contributed by atoms with E-state index in [2.05, 4.69) is 10.3 Å². The van der Waals surface area contributed by atoms with Gasteiger partial charge in [-0.25, -0.2) is 5.84 Å². The number of nitrogens with one attached hydrogen (secondary N) is 1. The summed E-state index contributed by atoms with van der Waals surface area (Å²) in [5.74, 6) is 5.36. The molecule has 0 radical (unpaired) electrons. The fraction of sp³-hybridized carbons (Fsp3) is 0.314. The van der Waals surface area contributed by atoms with Crippen molar-refractivity contribution < 1.29 is 29.0 Å². The number of amides is 2. The van der Waals surface area contributed by atoms with Crippen LogP contribution in [0, 0.1) is 5.92 Å². The Bertz CT molecular complexity index is 1740. The average molecular weight is 626 g/mol. The Labute approximate surface area is 267 Å². The number of anilines is 2. The number of hydrazine groups is 1. The van der Waals surface area contributed by atoms with E-state index in [-0.39, 0.29) is 30.9 Å². The van der Waals surface area contributed by atoms with Gasteiger partial charge < -0.3 is 24.8 Å². The number of nitrogens with zero attached hydrogens (tertiary/aromatic N) is 3. The third-order valence-electron chi connectivity index (χ3n) is 7.93. The maximum atomic E-state index is 14.8. The number of rotatable bonds is 11. The molecule has 3 unspecified atom stereocenters. The van der Waals surface area contributed by atoms with Crippen LogP contribution in [0.1, 0.15) is 57.3 Å².